The maximum Gasteiger partial charge on any atom is 0.333 e. The van der Waals surface area contributed by atoms with E-state index in [1.165, 1.54) is 21.4 Å². The van der Waals surface area contributed by atoms with Gasteiger partial charge < -0.3 is 23.7 Å². The van der Waals surface area contributed by atoms with Gasteiger partial charge >= 0.3 is 5.69 Å². The van der Waals surface area contributed by atoms with Crippen molar-refractivity contribution in [3.05, 3.63) is 75.6 Å². The predicted molar refractivity (Wildman–Crippen MR) is 155 cm³/mol. The molecule has 2 heterocycles. The molecule has 0 radical (unpaired) electrons. The SMILES string of the molecule is C=C[C@@]1(OCCCC)[C@H](OCCCC)[C@@H](COCCCC)O[C@H]1n1ccc(=O)n(Cc2ccc(OC)cc2)c1=O. The van der Waals surface area contributed by atoms with Crippen LogP contribution in [0.25, 0.3) is 0 Å². The number of nitrogens with zero attached hydrogens (tertiary/aromatic N) is 2. The molecule has 3 rings (SSSR count). The average molecular weight is 559 g/mol. The molecule has 4 atom stereocenters. The van der Waals surface area contributed by atoms with Gasteiger partial charge in [0.25, 0.3) is 5.56 Å². The monoisotopic (exact) mass is 558 g/mol. The third kappa shape index (κ3) is 7.51. The highest BCUT2D eigenvalue weighted by Gasteiger charge is 2.58. The Morgan fingerprint density at radius 2 is 1.65 bits per heavy atom. The predicted octanol–water partition coefficient (Wildman–Crippen LogP) is 4.71. The molecule has 222 valence electrons. The van der Waals surface area contributed by atoms with Gasteiger partial charge in [0.1, 0.15) is 18.0 Å². The summed E-state index contributed by atoms with van der Waals surface area (Å²) in [4.78, 5) is 26.7. The lowest BCUT2D eigenvalue weighted by Gasteiger charge is -2.36. The minimum atomic E-state index is -1.16. The number of hydrogen-bond acceptors (Lipinski definition) is 7. The Bertz CT molecular complexity index is 1160. The van der Waals surface area contributed by atoms with Crippen LogP contribution in [0, 0.1) is 0 Å². The van der Waals surface area contributed by atoms with Crippen LogP contribution in [0.3, 0.4) is 0 Å². The standard InChI is InChI=1S/C31H46N2O7/c1-6-10-19-37-23-26-28(38-20-11-7-2)31(9-4,39-21-12-8-3)29(40-26)32-18-17-27(34)33(30(32)35)22-24-13-15-25(36-5)16-14-24/h9,13-18,26,28-29H,4,6-8,10-12,19-23H2,1-3,5H3/t26-,28-,29-,31-/m1/s1. The van der Waals surface area contributed by atoms with Crippen LogP contribution in [0.1, 0.15) is 71.1 Å². The van der Waals surface area contributed by atoms with Crippen molar-refractivity contribution in [1.29, 1.82) is 0 Å². The third-order valence-corrected chi connectivity index (χ3v) is 7.21. The Kier molecular flexibility index (Phi) is 12.6. The normalized spacial score (nSPS) is 22.4. The number of aromatic nitrogens is 2. The van der Waals surface area contributed by atoms with Crippen LogP contribution in [0.2, 0.25) is 0 Å². The summed E-state index contributed by atoms with van der Waals surface area (Å²) in [6.07, 6.45) is 6.81. The van der Waals surface area contributed by atoms with E-state index in [4.69, 9.17) is 23.7 Å². The third-order valence-electron chi connectivity index (χ3n) is 7.21. The number of benzene rings is 1. The number of ether oxygens (including phenoxy) is 5. The highest BCUT2D eigenvalue weighted by Crippen LogP contribution is 2.44. The van der Waals surface area contributed by atoms with Gasteiger partial charge in [-0.2, -0.15) is 0 Å². The van der Waals surface area contributed by atoms with Crippen LogP contribution in [0.15, 0.2) is 58.8 Å². The van der Waals surface area contributed by atoms with Gasteiger partial charge in [-0.25, -0.2) is 4.79 Å². The fraction of sp³-hybridized carbons (Fsp3) is 0.613. The van der Waals surface area contributed by atoms with Crippen LogP contribution >= 0.6 is 0 Å². The maximum absolute atomic E-state index is 13.9. The van der Waals surface area contributed by atoms with Crippen molar-refractivity contribution in [2.75, 3.05) is 33.5 Å². The van der Waals surface area contributed by atoms with Gasteiger partial charge in [-0.15, -0.1) is 0 Å². The Morgan fingerprint density at radius 1 is 0.975 bits per heavy atom. The minimum absolute atomic E-state index is 0.104. The van der Waals surface area contributed by atoms with Crippen molar-refractivity contribution in [3.63, 3.8) is 0 Å². The zero-order valence-electron chi connectivity index (χ0n) is 24.5. The largest absolute Gasteiger partial charge is 0.497 e. The summed E-state index contributed by atoms with van der Waals surface area (Å²) in [7, 11) is 1.59. The minimum Gasteiger partial charge on any atom is -0.497 e. The van der Waals surface area contributed by atoms with Crippen LogP contribution in [-0.2, 0) is 25.5 Å². The summed E-state index contributed by atoms with van der Waals surface area (Å²) in [5.41, 5.74) is -1.27. The van der Waals surface area contributed by atoms with E-state index < -0.39 is 35.3 Å². The number of unbranched alkanes of at least 4 members (excludes halogenated alkanes) is 3. The number of hydrogen-bond donors (Lipinski definition) is 0. The molecule has 1 aliphatic heterocycles. The molecule has 9 nitrogen and oxygen atoms in total. The molecular weight excluding hydrogens is 512 g/mol. The second-order valence-electron chi connectivity index (χ2n) is 10.1. The van der Waals surface area contributed by atoms with Gasteiger partial charge in [0.2, 0.25) is 0 Å². The van der Waals surface area contributed by atoms with Crippen molar-refractivity contribution in [2.45, 2.75) is 89.9 Å². The van der Waals surface area contributed by atoms with Crippen molar-refractivity contribution >= 4 is 0 Å². The molecule has 1 aliphatic rings. The molecule has 40 heavy (non-hydrogen) atoms. The lowest BCUT2D eigenvalue weighted by Crippen LogP contribution is -2.52. The van der Waals surface area contributed by atoms with E-state index in [2.05, 4.69) is 27.4 Å². The first-order chi connectivity index (χ1) is 19.4. The summed E-state index contributed by atoms with van der Waals surface area (Å²) >= 11 is 0. The zero-order chi connectivity index (χ0) is 29.0. The first-order valence-electron chi connectivity index (χ1n) is 14.5. The Balaban J connectivity index is 2.03. The van der Waals surface area contributed by atoms with E-state index >= 15 is 0 Å². The molecule has 0 saturated carbocycles. The van der Waals surface area contributed by atoms with Crippen LogP contribution in [-0.4, -0.2) is 60.5 Å². The van der Waals surface area contributed by atoms with E-state index in [9.17, 15) is 9.59 Å². The Hall–Kier alpha value is -2.72. The van der Waals surface area contributed by atoms with Gasteiger partial charge in [0.05, 0.1) is 20.3 Å². The van der Waals surface area contributed by atoms with Crippen LogP contribution < -0.4 is 16.0 Å². The maximum atomic E-state index is 13.9. The fourth-order valence-electron chi connectivity index (χ4n) is 4.81. The van der Waals surface area contributed by atoms with Gasteiger partial charge in [0.15, 0.2) is 11.8 Å². The smallest absolute Gasteiger partial charge is 0.333 e. The van der Waals surface area contributed by atoms with Crippen LogP contribution in [0.4, 0.5) is 0 Å². The highest BCUT2D eigenvalue weighted by atomic mass is 16.6. The average Bonchev–Trinajstić information content (AvgIpc) is 3.27. The topological polar surface area (TPSA) is 90.2 Å². The summed E-state index contributed by atoms with van der Waals surface area (Å²) in [6, 6.07) is 8.64. The second kappa shape index (κ2) is 15.9. The summed E-state index contributed by atoms with van der Waals surface area (Å²) in [6.45, 7) is 12.4. The van der Waals surface area contributed by atoms with E-state index in [0.29, 0.717) is 32.2 Å². The van der Waals surface area contributed by atoms with E-state index in [1.54, 1.807) is 25.3 Å². The van der Waals surface area contributed by atoms with Crippen molar-refractivity contribution in [1.82, 2.24) is 9.13 Å². The fourth-order valence-corrected chi connectivity index (χ4v) is 4.81. The molecule has 0 unspecified atom stereocenters. The molecule has 1 saturated heterocycles. The molecule has 0 spiro atoms. The molecule has 0 aliphatic carbocycles. The van der Waals surface area contributed by atoms with Gasteiger partial charge in [-0.3, -0.25) is 13.9 Å². The first kappa shape index (κ1) is 31.8. The number of methoxy groups -OCH3 is 1. The lowest BCUT2D eigenvalue weighted by atomic mass is 9.93. The van der Waals surface area contributed by atoms with Gasteiger partial charge in [-0.1, -0.05) is 64.8 Å². The summed E-state index contributed by atoms with van der Waals surface area (Å²) in [5, 5.41) is 0. The molecule has 1 aromatic heterocycles. The molecule has 0 amide bonds. The lowest BCUT2D eigenvalue weighted by molar-refractivity contribution is -0.134. The summed E-state index contributed by atoms with van der Waals surface area (Å²) < 4.78 is 33.3. The van der Waals surface area contributed by atoms with Crippen molar-refractivity contribution in [3.8, 4) is 5.75 Å². The molecule has 1 aromatic carbocycles. The quantitative estimate of drug-likeness (QED) is 0.193. The molecule has 1 fully saturated rings. The Morgan fingerprint density at radius 3 is 2.30 bits per heavy atom. The van der Waals surface area contributed by atoms with Gasteiger partial charge in [-0.05, 0) is 37.0 Å². The molecule has 0 bridgehead atoms. The van der Waals surface area contributed by atoms with Crippen molar-refractivity contribution in [2.24, 2.45) is 0 Å². The highest BCUT2D eigenvalue weighted by molar-refractivity contribution is 5.27. The number of rotatable bonds is 18. The van der Waals surface area contributed by atoms with Crippen molar-refractivity contribution < 1.29 is 23.7 Å². The van der Waals surface area contributed by atoms with Crippen LogP contribution in [0.5, 0.6) is 5.75 Å². The second-order valence-corrected chi connectivity index (χ2v) is 10.1. The van der Waals surface area contributed by atoms with E-state index in [-0.39, 0.29) is 6.54 Å². The Labute approximate surface area is 237 Å². The molecule has 2 aromatic rings. The molecule has 0 N–H and O–H groups in total. The van der Waals surface area contributed by atoms with Gasteiger partial charge in [0, 0.05) is 32.1 Å². The zero-order valence-corrected chi connectivity index (χ0v) is 24.5. The summed E-state index contributed by atoms with van der Waals surface area (Å²) in [5.74, 6) is 0.697. The van der Waals surface area contributed by atoms with E-state index in [0.717, 1.165) is 44.1 Å². The first-order valence-corrected chi connectivity index (χ1v) is 14.5. The molecule has 9 heteroatoms. The molecular formula is C31H46N2O7. The van der Waals surface area contributed by atoms with E-state index in [1.807, 2.05) is 12.1 Å².